The molecule has 0 aromatic carbocycles. The van der Waals surface area contributed by atoms with Gasteiger partial charge in [0.1, 0.15) is 6.61 Å². The van der Waals surface area contributed by atoms with Crippen molar-refractivity contribution in [1.82, 2.24) is 0 Å². The summed E-state index contributed by atoms with van der Waals surface area (Å²) in [4.78, 5) is 12.1. The molecule has 0 saturated carbocycles. The molecule has 1 unspecified atom stereocenters. The smallest absolute Gasteiger partial charge is 0.308 e. The van der Waals surface area contributed by atoms with Crippen molar-refractivity contribution in [3.8, 4) is 0 Å². The van der Waals surface area contributed by atoms with Gasteiger partial charge in [0.05, 0.1) is 158 Å². The highest BCUT2D eigenvalue weighted by molar-refractivity contribution is 5.72. The van der Waals surface area contributed by atoms with Crippen LogP contribution in [-0.4, -0.2) is 171 Å². The summed E-state index contributed by atoms with van der Waals surface area (Å²) in [5.41, 5.74) is 0. The number of unbranched alkanes of at least 4 members (excludes halogenated alkanes) is 16. The molecule has 0 bridgehead atoms. The molecule has 0 heterocycles. The zero-order valence-electron chi connectivity index (χ0n) is 41.6. The van der Waals surface area contributed by atoms with Gasteiger partial charge in [0.2, 0.25) is 0 Å². The Morgan fingerprint density at radius 1 is 0.266 bits per heavy atom. The first-order valence-corrected chi connectivity index (χ1v) is 25.9. The molecule has 0 radical (unpaired) electrons. The van der Waals surface area contributed by atoms with Gasteiger partial charge in [-0.15, -0.1) is 0 Å². The van der Waals surface area contributed by atoms with Gasteiger partial charge in [0, 0.05) is 6.61 Å². The lowest BCUT2D eigenvalue weighted by molar-refractivity contribution is -0.150. The lowest BCUT2D eigenvalue weighted by atomic mass is 10.00. The first kappa shape index (κ1) is 63.0. The lowest BCUT2D eigenvalue weighted by Crippen LogP contribution is -2.20. The van der Waals surface area contributed by atoms with Crippen molar-refractivity contribution in [3.63, 3.8) is 0 Å². The van der Waals surface area contributed by atoms with Crippen LogP contribution in [0.1, 0.15) is 149 Å². The van der Waals surface area contributed by atoms with Crippen LogP contribution < -0.4 is 0 Å². The van der Waals surface area contributed by atoms with Gasteiger partial charge in [0.15, 0.2) is 0 Å². The molecule has 0 aliphatic rings. The Labute approximate surface area is 391 Å². The summed E-state index contributed by atoms with van der Waals surface area (Å²) in [6.07, 6.45) is 26.0. The Bertz CT molecular complexity index is 857. The molecular formula is C50H100O14. The molecule has 14 nitrogen and oxygen atoms in total. The van der Waals surface area contributed by atoms with Crippen molar-refractivity contribution in [2.24, 2.45) is 5.92 Å². The predicted octanol–water partition coefficient (Wildman–Crippen LogP) is 9.21. The molecule has 0 spiro atoms. The monoisotopic (exact) mass is 925 g/mol. The van der Waals surface area contributed by atoms with E-state index in [0.717, 1.165) is 38.7 Å². The summed E-state index contributed by atoms with van der Waals surface area (Å²) >= 11 is 0. The van der Waals surface area contributed by atoms with Gasteiger partial charge < -0.3 is 61.6 Å². The molecule has 0 aliphatic carbocycles. The van der Waals surface area contributed by atoms with Crippen LogP contribution in [0.3, 0.4) is 0 Å². The second kappa shape index (κ2) is 58.1. The van der Waals surface area contributed by atoms with Gasteiger partial charge in [-0.2, -0.15) is 0 Å². The largest absolute Gasteiger partial charge is 0.463 e. The summed E-state index contributed by atoms with van der Waals surface area (Å²) in [5, 5.41) is 0. The van der Waals surface area contributed by atoms with Crippen LogP contribution in [-0.2, 0) is 66.4 Å². The number of carbonyl (C=O) groups is 1. The normalized spacial score (nSPS) is 12.1. The van der Waals surface area contributed by atoms with Crippen LogP contribution in [0, 0.1) is 5.92 Å². The summed E-state index contributed by atoms with van der Waals surface area (Å²) in [6, 6.07) is 0. The maximum atomic E-state index is 12.1. The molecule has 0 fully saturated rings. The molecule has 64 heavy (non-hydrogen) atoms. The summed E-state index contributed by atoms with van der Waals surface area (Å²) in [6.45, 7) is 19.3. The molecule has 0 saturated heterocycles. The summed E-state index contributed by atoms with van der Waals surface area (Å²) < 4.78 is 71.8. The topological polar surface area (TPSA) is 137 Å². The van der Waals surface area contributed by atoms with Crippen LogP contribution in [0.5, 0.6) is 0 Å². The fourth-order valence-corrected chi connectivity index (χ4v) is 6.53. The van der Waals surface area contributed by atoms with E-state index < -0.39 is 0 Å². The van der Waals surface area contributed by atoms with E-state index in [1.165, 1.54) is 96.3 Å². The Kier molecular flexibility index (Phi) is 57.2. The van der Waals surface area contributed by atoms with Crippen molar-refractivity contribution >= 4 is 5.97 Å². The van der Waals surface area contributed by atoms with Crippen molar-refractivity contribution in [2.45, 2.75) is 149 Å². The van der Waals surface area contributed by atoms with Gasteiger partial charge in [-0.25, -0.2) is 0 Å². The predicted molar refractivity (Wildman–Crippen MR) is 254 cm³/mol. The van der Waals surface area contributed by atoms with E-state index in [1.807, 2.05) is 6.92 Å². The number of rotatable bonds is 58. The van der Waals surface area contributed by atoms with Crippen LogP contribution in [0.15, 0.2) is 0 Å². The summed E-state index contributed by atoms with van der Waals surface area (Å²) in [5.74, 6) is -0.124. The second-order valence-electron chi connectivity index (χ2n) is 16.1. The average molecular weight is 925 g/mol. The third-order valence-corrected chi connectivity index (χ3v) is 10.4. The molecule has 0 aliphatic heterocycles. The molecule has 0 aromatic rings. The Morgan fingerprint density at radius 2 is 0.484 bits per heavy atom. The fourth-order valence-electron chi connectivity index (χ4n) is 6.53. The number of esters is 1. The summed E-state index contributed by atoms with van der Waals surface area (Å²) in [7, 11) is 0. The molecule has 0 amide bonds. The standard InChI is InChI=1S/C50H100O14/c1-4-7-9-10-11-12-13-14-15-16-17-18-19-20-21-22-24-52-25-26-53-27-28-54-29-30-55-31-32-56-33-34-57-35-36-58-37-38-59-39-40-60-41-42-61-43-44-62-45-46-63-47-48-64-50(51)49(6-3)23-8-5-2/h49H,4-48H2,1-3H3. The SMILES string of the molecule is CCCCCCCCCCCCCCCCCCOCCOCCOCCOCCOCCOCCOCCOCCOCCOCCOCCOCCOC(=O)C(CC)CCCC. The van der Waals surface area contributed by atoms with Crippen molar-refractivity contribution < 1.29 is 66.4 Å². The Morgan fingerprint density at radius 3 is 0.734 bits per heavy atom. The van der Waals surface area contributed by atoms with Crippen LogP contribution in [0.4, 0.5) is 0 Å². The van der Waals surface area contributed by atoms with Gasteiger partial charge >= 0.3 is 5.97 Å². The maximum absolute atomic E-state index is 12.1. The molecule has 1 atom stereocenters. The van der Waals surface area contributed by atoms with Crippen molar-refractivity contribution in [3.05, 3.63) is 0 Å². The third-order valence-electron chi connectivity index (χ3n) is 10.4. The van der Waals surface area contributed by atoms with E-state index in [-0.39, 0.29) is 18.5 Å². The molecule has 14 heteroatoms. The number of hydrogen-bond acceptors (Lipinski definition) is 14. The minimum Gasteiger partial charge on any atom is -0.463 e. The third kappa shape index (κ3) is 53.6. The first-order chi connectivity index (χ1) is 31.8. The highest BCUT2D eigenvalue weighted by Crippen LogP contribution is 2.15. The molecule has 0 aromatic heterocycles. The fraction of sp³-hybridized carbons (Fsp3) is 0.980. The molecule has 384 valence electrons. The lowest BCUT2D eigenvalue weighted by Gasteiger charge is -2.13. The van der Waals surface area contributed by atoms with Crippen LogP contribution >= 0.6 is 0 Å². The number of hydrogen-bond donors (Lipinski definition) is 0. The van der Waals surface area contributed by atoms with Crippen LogP contribution in [0.2, 0.25) is 0 Å². The Balaban J connectivity index is 3.12. The minimum absolute atomic E-state index is 0.00480. The first-order valence-electron chi connectivity index (χ1n) is 25.9. The van der Waals surface area contributed by atoms with E-state index in [1.54, 1.807) is 0 Å². The Hall–Kier alpha value is -1.01. The quantitative estimate of drug-likeness (QED) is 0.0423. The molecule has 0 rings (SSSR count). The zero-order valence-corrected chi connectivity index (χ0v) is 41.6. The van der Waals surface area contributed by atoms with E-state index in [0.29, 0.717) is 152 Å². The van der Waals surface area contributed by atoms with E-state index >= 15 is 0 Å². The van der Waals surface area contributed by atoms with E-state index in [4.69, 9.17) is 61.6 Å². The van der Waals surface area contributed by atoms with Gasteiger partial charge in [-0.05, 0) is 19.3 Å². The van der Waals surface area contributed by atoms with Crippen molar-refractivity contribution in [1.29, 1.82) is 0 Å². The van der Waals surface area contributed by atoms with E-state index in [2.05, 4.69) is 13.8 Å². The van der Waals surface area contributed by atoms with Crippen LogP contribution in [0.25, 0.3) is 0 Å². The second-order valence-corrected chi connectivity index (χ2v) is 16.1. The maximum Gasteiger partial charge on any atom is 0.308 e. The van der Waals surface area contributed by atoms with Gasteiger partial charge in [-0.1, -0.05) is 130 Å². The van der Waals surface area contributed by atoms with Gasteiger partial charge in [0.25, 0.3) is 0 Å². The average Bonchev–Trinajstić information content (AvgIpc) is 3.30. The number of carbonyl (C=O) groups excluding carboxylic acids is 1. The van der Waals surface area contributed by atoms with Crippen molar-refractivity contribution in [2.75, 3.05) is 165 Å². The van der Waals surface area contributed by atoms with Gasteiger partial charge in [-0.3, -0.25) is 4.79 Å². The molecule has 0 N–H and O–H groups in total. The minimum atomic E-state index is -0.119. The van der Waals surface area contributed by atoms with E-state index in [9.17, 15) is 4.79 Å². The highest BCUT2D eigenvalue weighted by atomic mass is 16.6. The highest BCUT2D eigenvalue weighted by Gasteiger charge is 2.17. The molecular weight excluding hydrogens is 825 g/mol. The zero-order chi connectivity index (χ0) is 46.2. The number of ether oxygens (including phenoxy) is 13.